The summed E-state index contributed by atoms with van der Waals surface area (Å²) in [6.07, 6.45) is -0.987. The Morgan fingerprint density at radius 1 is 1.88 bits per heavy atom. The number of aliphatic hydroxyl groups excluding tert-OH is 1. The van der Waals surface area contributed by atoms with Crippen molar-refractivity contribution in [2.75, 3.05) is 0 Å². The Labute approximate surface area is 45.5 Å². The van der Waals surface area contributed by atoms with Gasteiger partial charge in [-0.1, -0.05) is 0 Å². The Morgan fingerprint density at radius 3 is 2.50 bits per heavy atom. The van der Waals surface area contributed by atoms with E-state index >= 15 is 0 Å². The number of hydrogen-bond acceptors (Lipinski definition) is 3. The monoisotopic (exact) mass is 118 g/mol. The molecule has 8 heavy (non-hydrogen) atoms. The van der Waals surface area contributed by atoms with Gasteiger partial charge >= 0.3 is 5.97 Å². The Hall–Kier alpha value is -1.10. The molecule has 5 nitrogen and oxygen atoms in total. The van der Waals surface area contributed by atoms with Crippen LogP contribution in [0.15, 0.2) is 4.99 Å². The summed E-state index contributed by atoms with van der Waals surface area (Å²) in [5, 5.41) is 16.1. The van der Waals surface area contributed by atoms with Gasteiger partial charge in [0.2, 0.25) is 6.23 Å². The van der Waals surface area contributed by atoms with E-state index in [-0.39, 0.29) is 0 Å². The van der Waals surface area contributed by atoms with Crippen molar-refractivity contribution in [2.24, 2.45) is 10.7 Å². The number of nitrogens with zero attached hydrogens (tertiary/aromatic N) is 1. The predicted molar refractivity (Wildman–Crippen MR) is 26.3 cm³/mol. The average molecular weight is 118 g/mol. The van der Waals surface area contributed by atoms with Crippen LogP contribution in [0.4, 0.5) is 0 Å². The zero-order valence-electron chi connectivity index (χ0n) is 3.98. The lowest BCUT2D eigenvalue weighted by atomic mass is 10.6. The third kappa shape index (κ3) is 2.14. The highest BCUT2D eigenvalue weighted by Crippen LogP contribution is 1.79. The van der Waals surface area contributed by atoms with E-state index in [4.69, 9.17) is 10.2 Å². The van der Waals surface area contributed by atoms with Gasteiger partial charge in [0.1, 0.15) is 0 Å². The van der Waals surface area contributed by atoms with Crippen LogP contribution in [0, 0.1) is 0 Å². The highest BCUT2D eigenvalue weighted by Gasteiger charge is 2.07. The standard InChI is InChI=1S/C3H6N2O3/c4-1-5-2(6)3(7)8/h1-2,6H,(H2,4,5)(H,7,8). The van der Waals surface area contributed by atoms with Crippen LogP contribution in [0.2, 0.25) is 0 Å². The number of aliphatic imine (C=N–C) groups is 1. The molecule has 0 rings (SSSR count). The second-order valence-corrected chi connectivity index (χ2v) is 1.01. The number of carboxylic acids is 1. The zero-order valence-corrected chi connectivity index (χ0v) is 3.98. The minimum Gasteiger partial charge on any atom is -0.478 e. The first kappa shape index (κ1) is 6.90. The van der Waals surface area contributed by atoms with Crippen molar-refractivity contribution in [1.82, 2.24) is 0 Å². The van der Waals surface area contributed by atoms with Crippen molar-refractivity contribution >= 4 is 12.3 Å². The highest BCUT2D eigenvalue weighted by molar-refractivity contribution is 5.73. The first-order valence-corrected chi connectivity index (χ1v) is 1.82. The smallest absolute Gasteiger partial charge is 0.355 e. The molecule has 0 aromatic rings. The lowest BCUT2D eigenvalue weighted by Gasteiger charge is -1.92. The number of carboxylic acid groups (broad SMARTS) is 1. The Bertz CT molecular complexity index is 111. The van der Waals surface area contributed by atoms with E-state index in [9.17, 15) is 4.79 Å². The van der Waals surface area contributed by atoms with E-state index < -0.39 is 12.2 Å². The minimum absolute atomic E-state index is 0.735. The molecule has 0 bridgehead atoms. The molecule has 0 aromatic carbocycles. The summed E-state index contributed by atoms with van der Waals surface area (Å²) in [7, 11) is 0. The van der Waals surface area contributed by atoms with Gasteiger partial charge in [0.05, 0.1) is 6.34 Å². The molecule has 46 valence electrons. The molecule has 0 aliphatic rings. The van der Waals surface area contributed by atoms with Crippen LogP contribution in [-0.2, 0) is 4.79 Å². The molecular weight excluding hydrogens is 112 g/mol. The summed E-state index contributed by atoms with van der Waals surface area (Å²) < 4.78 is 0. The maximum absolute atomic E-state index is 9.67. The first-order valence-electron chi connectivity index (χ1n) is 1.82. The van der Waals surface area contributed by atoms with Crippen LogP contribution < -0.4 is 5.73 Å². The van der Waals surface area contributed by atoms with Crippen LogP contribution in [-0.4, -0.2) is 28.7 Å². The number of carbonyl (C=O) groups is 1. The van der Waals surface area contributed by atoms with Crippen LogP contribution in [0.5, 0.6) is 0 Å². The third-order valence-electron chi connectivity index (χ3n) is 0.448. The van der Waals surface area contributed by atoms with E-state index in [1.54, 1.807) is 0 Å². The summed E-state index contributed by atoms with van der Waals surface area (Å²) in [5.41, 5.74) is 4.65. The molecule has 0 fully saturated rings. The summed E-state index contributed by atoms with van der Waals surface area (Å²) in [6, 6.07) is 0. The molecule has 0 saturated carbocycles. The van der Waals surface area contributed by atoms with E-state index in [1.807, 2.05) is 0 Å². The lowest BCUT2D eigenvalue weighted by molar-refractivity contribution is -0.146. The number of nitrogens with two attached hydrogens (primary N) is 1. The molecule has 4 N–H and O–H groups in total. The molecule has 5 heteroatoms. The summed E-state index contributed by atoms with van der Waals surface area (Å²) in [4.78, 5) is 12.6. The van der Waals surface area contributed by atoms with Gasteiger partial charge in [0.25, 0.3) is 0 Å². The summed E-state index contributed by atoms with van der Waals surface area (Å²) in [5.74, 6) is -1.41. The van der Waals surface area contributed by atoms with Crippen LogP contribution in [0.3, 0.4) is 0 Å². The second kappa shape index (κ2) is 2.98. The Kier molecular flexibility index (Phi) is 2.57. The number of hydrogen-bond donors (Lipinski definition) is 3. The van der Waals surface area contributed by atoms with Crippen molar-refractivity contribution in [2.45, 2.75) is 6.23 Å². The number of rotatable bonds is 2. The van der Waals surface area contributed by atoms with E-state index in [2.05, 4.69) is 10.7 Å². The fourth-order valence-corrected chi connectivity index (χ4v) is 0.145. The Balaban J connectivity index is 3.64. The van der Waals surface area contributed by atoms with Crippen molar-refractivity contribution in [3.63, 3.8) is 0 Å². The molecule has 0 aliphatic heterocycles. The quantitative estimate of drug-likeness (QED) is 0.300. The fourth-order valence-electron chi connectivity index (χ4n) is 0.145. The van der Waals surface area contributed by atoms with E-state index in [0.717, 1.165) is 6.34 Å². The SMILES string of the molecule is NC=NC(O)C(=O)O. The topological polar surface area (TPSA) is 95.9 Å². The number of aliphatic hydroxyl groups is 1. The maximum Gasteiger partial charge on any atom is 0.355 e. The maximum atomic E-state index is 9.67. The predicted octanol–water partition coefficient (Wildman–Crippen LogP) is -1.62. The second-order valence-electron chi connectivity index (χ2n) is 1.01. The van der Waals surface area contributed by atoms with Crippen LogP contribution in [0.1, 0.15) is 0 Å². The lowest BCUT2D eigenvalue weighted by Crippen LogP contribution is -2.17. The van der Waals surface area contributed by atoms with Crippen LogP contribution in [0.25, 0.3) is 0 Å². The molecule has 1 unspecified atom stereocenters. The molecule has 0 saturated heterocycles. The van der Waals surface area contributed by atoms with Crippen molar-refractivity contribution in [3.8, 4) is 0 Å². The fraction of sp³-hybridized carbons (Fsp3) is 0.333. The minimum atomic E-state index is -1.72. The highest BCUT2D eigenvalue weighted by atomic mass is 16.4. The molecule has 0 heterocycles. The molecule has 0 spiro atoms. The van der Waals surface area contributed by atoms with Crippen molar-refractivity contribution < 1.29 is 15.0 Å². The van der Waals surface area contributed by atoms with Gasteiger partial charge in [-0.3, -0.25) is 0 Å². The molecule has 0 aliphatic carbocycles. The molecule has 0 radical (unpaired) electrons. The van der Waals surface area contributed by atoms with Gasteiger partial charge in [-0.05, 0) is 0 Å². The van der Waals surface area contributed by atoms with Gasteiger partial charge in [-0.25, -0.2) is 9.79 Å². The summed E-state index contributed by atoms with van der Waals surface area (Å²) >= 11 is 0. The molecule has 0 amide bonds. The summed E-state index contributed by atoms with van der Waals surface area (Å²) in [6.45, 7) is 0. The first-order chi connectivity index (χ1) is 3.68. The zero-order chi connectivity index (χ0) is 6.57. The molecular formula is C3H6N2O3. The van der Waals surface area contributed by atoms with Gasteiger partial charge in [0.15, 0.2) is 0 Å². The third-order valence-corrected chi connectivity index (χ3v) is 0.448. The number of aliphatic carboxylic acids is 1. The van der Waals surface area contributed by atoms with Gasteiger partial charge in [-0.2, -0.15) is 0 Å². The largest absolute Gasteiger partial charge is 0.478 e. The van der Waals surface area contributed by atoms with E-state index in [0.29, 0.717) is 0 Å². The molecule has 1 atom stereocenters. The van der Waals surface area contributed by atoms with Gasteiger partial charge < -0.3 is 15.9 Å². The van der Waals surface area contributed by atoms with Gasteiger partial charge in [-0.15, -0.1) is 0 Å². The van der Waals surface area contributed by atoms with Crippen LogP contribution >= 0.6 is 0 Å². The van der Waals surface area contributed by atoms with E-state index in [1.165, 1.54) is 0 Å². The Morgan fingerprint density at radius 2 is 2.38 bits per heavy atom. The normalized spacial score (nSPS) is 14.1. The van der Waals surface area contributed by atoms with Crippen molar-refractivity contribution in [1.29, 1.82) is 0 Å². The van der Waals surface area contributed by atoms with Crippen molar-refractivity contribution in [3.05, 3.63) is 0 Å². The molecule has 0 aromatic heterocycles. The van der Waals surface area contributed by atoms with Gasteiger partial charge in [0, 0.05) is 0 Å². The average Bonchev–Trinajstić information content (AvgIpc) is 1.67.